The lowest BCUT2D eigenvalue weighted by Gasteiger charge is -2.15. The van der Waals surface area contributed by atoms with E-state index in [2.05, 4.69) is 102 Å². The number of benzene rings is 3. The van der Waals surface area contributed by atoms with Crippen LogP contribution in [0.5, 0.6) is 0 Å². The molecule has 710 valence electrons. The zero-order valence-electron chi connectivity index (χ0n) is 81.0. The molecule has 0 saturated carbocycles. The van der Waals surface area contributed by atoms with Gasteiger partial charge in [-0.1, -0.05) is 353 Å². The van der Waals surface area contributed by atoms with Crippen molar-refractivity contribution in [1.82, 2.24) is 0 Å². The number of allylic oxidation sites excluding steroid dienone is 8. The van der Waals surface area contributed by atoms with Crippen LogP contribution in [0.3, 0.4) is 0 Å². The molecule has 5 aromatic carbocycles. The minimum Gasteiger partial charge on any atom is -0.470 e. The summed E-state index contributed by atoms with van der Waals surface area (Å²) >= 11 is 0. The van der Waals surface area contributed by atoms with Crippen molar-refractivity contribution in [3.8, 4) is 45.9 Å². The summed E-state index contributed by atoms with van der Waals surface area (Å²) in [7, 11) is 0. The molecule has 0 bridgehead atoms. The second kappa shape index (κ2) is 55.5. The van der Waals surface area contributed by atoms with Crippen LogP contribution in [0.2, 0.25) is 0 Å². The van der Waals surface area contributed by atoms with Crippen LogP contribution in [0.1, 0.15) is 388 Å². The molecule has 0 atom stereocenters. The number of ether oxygens (including phenoxy) is 8. The van der Waals surface area contributed by atoms with Crippen molar-refractivity contribution in [2.75, 3.05) is 52.9 Å². The van der Waals surface area contributed by atoms with Crippen LogP contribution in [0.25, 0.3) is 79.2 Å². The number of esters is 8. The van der Waals surface area contributed by atoms with Crippen LogP contribution in [-0.2, 0) is 37.9 Å². The molecule has 6 aliphatic rings. The highest BCUT2D eigenvalue weighted by molar-refractivity contribution is 6.19. The van der Waals surface area contributed by atoms with Crippen LogP contribution in [-0.4, -0.2) is 101 Å². The molecular formula is C120H132O16-2. The van der Waals surface area contributed by atoms with Gasteiger partial charge in [0.05, 0.1) is 86.3 Å². The van der Waals surface area contributed by atoms with Crippen molar-refractivity contribution in [2.24, 2.45) is 0 Å². The van der Waals surface area contributed by atoms with E-state index >= 15 is 0 Å². The predicted octanol–water partition coefficient (Wildman–Crippen LogP) is 29.2. The number of hydrogen-bond donors (Lipinski definition) is 0. The molecule has 0 N–H and O–H groups in total. The van der Waals surface area contributed by atoms with Crippen molar-refractivity contribution in [3.63, 3.8) is 0 Å². The largest absolute Gasteiger partial charge is 0.470 e. The molecule has 0 aliphatic heterocycles. The lowest BCUT2D eigenvalue weighted by Crippen LogP contribution is -2.08. The number of unbranched alkanes of at least 4 members (excludes halogenated alkanes) is 24. The number of fused-ring (bicyclic) bond motifs is 6. The standard InChI is InChI=1S/C120H132O16/c1-9-17-25-37-73-129-113(121)103-81-104(114(122)130-74-38-26-18-10-2)92-66-54-85(53-65-91(92)103)49-61-89(62-50-86-55-67-93-94(68-56-86)106(116(124)132-76-40-28-20-12-4)82-105(93)115(123)131-75-39-27-19-11-3)111-99-45-33-35-47-101(99)112(102-48-36-34-46-100(102)111)90(63-51-87-57-69-95-96(70-58-87)108(118(126)134-78-42-30-22-14-6)83-107(95)117(125)133-77-41-29-21-13-5)64-52-88-59-71-97-98(72-60-88)110(120(128)136-80-44-32-24-16-8)84-109(97)119(127)135-79-43-31-23-15-7/h33-36,45-48,53-60,65-72,81-84H,9-32,37-44,73-80H2,1-8H3/q-2. The van der Waals surface area contributed by atoms with E-state index in [4.69, 9.17) is 37.9 Å². The van der Waals surface area contributed by atoms with Gasteiger partial charge in [0.1, 0.15) is 0 Å². The van der Waals surface area contributed by atoms with E-state index < -0.39 is 47.8 Å². The average molecular weight is 1830 g/mol. The van der Waals surface area contributed by atoms with E-state index in [0.29, 0.717) is 162 Å². The Kier molecular flexibility index (Phi) is 42.2. The van der Waals surface area contributed by atoms with Gasteiger partial charge >= 0.3 is 23.9 Å². The van der Waals surface area contributed by atoms with Crippen LogP contribution in [0, 0.1) is 23.7 Å². The van der Waals surface area contributed by atoms with E-state index in [1.165, 1.54) is 0 Å². The first-order chi connectivity index (χ1) is 66.6. The smallest absolute Gasteiger partial charge is 0.338 e. The van der Waals surface area contributed by atoms with Crippen molar-refractivity contribution in [2.45, 2.75) is 261 Å². The van der Waals surface area contributed by atoms with Gasteiger partial charge in [-0.3, -0.25) is 19.2 Å². The molecule has 0 radical (unpaired) electrons. The van der Waals surface area contributed by atoms with Gasteiger partial charge in [0.25, 0.3) is 23.9 Å². The number of rotatable bonds is 50. The van der Waals surface area contributed by atoms with Crippen LogP contribution >= 0.6 is 0 Å². The zero-order chi connectivity index (χ0) is 96.2. The molecule has 16 nitrogen and oxygen atoms in total. The normalized spacial score (nSPS) is 11.7. The lowest BCUT2D eigenvalue weighted by molar-refractivity contribution is 0.0481. The van der Waals surface area contributed by atoms with Crippen molar-refractivity contribution < 1.29 is 76.3 Å². The monoisotopic (exact) mass is 1830 g/mol. The third kappa shape index (κ3) is 28.9. The van der Waals surface area contributed by atoms with Gasteiger partial charge < -0.3 is 37.9 Å². The van der Waals surface area contributed by atoms with Crippen LogP contribution < -0.4 is 0 Å². The molecule has 11 rings (SSSR count). The maximum Gasteiger partial charge on any atom is 0.338 e. The minimum atomic E-state index is -0.556. The summed E-state index contributed by atoms with van der Waals surface area (Å²) in [6, 6.07) is 36.5. The maximum atomic E-state index is 14.2. The summed E-state index contributed by atoms with van der Waals surface area (Å²) in [5.74, 6) is 9.66. The highest BCUT2D eigenvalue weighted by Gasteiger charge is 2.29. The molecule has 136 heavy (non-hydrogen) atoms. The maximum absolute atomic E-state index is 14.2. The Labute approximate surface area is 804 Å². The fourth-order valence-electron chi connectivity index (χ4n) is 16.8. The van der Waals surface area contributed by atoms with Gasteiger partial charge in [0.2, 0.25) is 0 Å². The number of hydrogen-bond acceptors (Lipinski definition) is 16. The van der Waals surface area contributed by atoms with Gasteiger partial charge in [0, 0.05) is 33.4 Å². The van der Waals surface area contributed by atoms with E-state index in [9.17, 15) is 38.4 Å². The Balaban J connectivity index is 1.16. The van der Waals surface area contributed by atoms with Crippen molar-refractivity contribution in [1.29, 1.82) is 0 Å². The summed E-state index contributed by atoms with van der Waals surface area (Å²) in [6.45, 7) is 18.7. The molecule has 0 unspecified atom stereocenters. The first kappa shape index (κ1) is 103. The number of carbonyl (C=O) groups is 8. The third-order valence-electron chi connectivity index (χ3n) is 24.4. The Hall–Kier alpha value is -13.3. The van der Waals surface area contributed by atoms with Crippen LogP contribution in [0.4, 0.5) is 0 Å². The number of carbonyl (C=O) groups excluding carboxylic acids is 8. The predicted molar refractivity (Wildman–Crippen MR) is 545 cm³/mol. The minimum absolute atomic E-state index is 0.217. The topological polar surface area (TPSA) is 210 Å². The van der Waals surface area contributed by atoms with Gasteiger partial charge in [-0.15, -0.1) is 58.7 Å². The van der Waals surface area contributed by atoms with Gasteiger partial charge in [-0.05, 0) is 154 Å². The van der Waals surface area contributed by atoms with Crippen LogP contribution in [0.15, 0.2) is 180 Å². The summed E-state index contributed by atoms with van der Waals surface area (Å²) < 4.78 is 47.3. The second-order valence-corrected chi connectivity index (χ2v) is 34.8. The Morgan fingerprint density at radius 2 is 0.507 bits per heavy atom. The van der Waals surface area contributed by atoms with E-state index in [-0.39, 0.29) is 97.4 Å². The van der Waals surface area contributed by atoms with Gasteiger partial charge in [-0.25, -0.2) is 19.2 Å². The fraction of sp³-hybridized carbons (Fsp3) is 0.400. The summed E-state index contributed by atoms with van der Waals surface area (Å²) in [5.41, 5.74) is 23.9. The summed E-state index contributed by atoms with van der Waals surface area (Å²) in [6.07, 6.45) is 43.3. The molecule has 0 heterocycles. The highest BCUT2D eigenvalue weighted by atomic mass is 16.6. The molecule has 0 amide bonds. The molecule has 0 fully saturated rings. The van der Waals surface area contributed by atoms with E-state index in [1.54, 1.807) is 72.8 Å². The van der Waals surface area contributed by atoms with Crippen molar-refractivity contribution in [3.05, 3.63) is 269 Å². The second-order valence-electron chi connectivity index (χ2n) is 34.8. The van der Waals surface area contributed by atoms with Gasteiger partial charge in [-0.2, -0.15) is 0 Å². The summed E-state index contributed by atoms with van der Waals surface area (Å²) in [4.78, 5) is 114. The molecule has 16 heteroatoms. The fourth-order valence-corrected chi connectivity index (χ4v) is 16.8. The first-order valence-corrected chi connectivity index (χ1v) is 50.0. The first-order valence-electron chi connectivity index (χ1n) is 50.0. The highest BCUT2D eigenvalue weighted by Crippen LogP contribution is 2.42. The quantitative estimate of drug-likeness (QED) is 0.00660. The lowest BCUT2D eigenvalue weighted by atomic mass is 9.86. The molecule has 6 aliphatic carbocycles. The van der Waals surface area contributed by atoms with E-state index in [1.807, 2.05) is 97.1 Å². The third-order valence-corrected chi connectivity index (χ3v) is 24.4. The molecular weight excluding hydrogens is 1700 g/mol. The molecule has 5 aromatic rings. The van der Waals surface area contributed by atoms with E-state index in [0.717, 1.165) is 154 Å². The van der Waals surface area contributed by atoms with Gasteiger partial charge in [0.15, 0.2) is 0 Å². The molecule has 0 saturated heterocycles. The average Bonchev–Trinajstić information content (AvgIpc) is 0.956. The molecule has 0 spiro atoms. The Bertz CT molecular complexity index is 5450. The van der Waals surface area contributed by atoms with Crippen molar-refractivity contribution >= 4 is 105 Å². The SMILES string of the molecule is CCCCCCOC(=O)c1cc(C(=O)OCCCCCC)c2ccc(C#CC(=C=C=C3C=Cc4c(C(=O)OCCCCCC)c[c-](C(=O)OCCCCCC)c4C=C3)c3c4ccccc4c(C(=C=C=C4C=Cc5c(C(=O)OCCCCCC)c[c-](C(=O)OCCCCCC)c5C=C4)C#Cc4ccc5c(C(=O)OCCCCCC)cc(C(=O)OCCCCCC)c-5cc4)c4ccccc34)ccc1-2. The Morgan fingerprint density at radius 3 is 0.765 bits per heavy atom. The Morgan fingerprint density at radius 1 is 0.265 bits per heavy atom. The summed E-state index contributed by atoms with van der Waals surface area (Å²) in [5, 5.41) is 2.82. The zero-order valence-corrected chi connectivity index (χ0v) is 81.0. The molecule has 0 aromatic heterocycles.